The number of aliphatic hydroxyl groups excluding tert-OH is 1. The Kier molecular flexibility index (Phi) is 16.1. The Labute approximate surface area is 184 Å². The van der Waals surface area contributed by atoms with Crippen molar-refractivity contribution in [1.29, 1.82) is 0 Å². The van der Waals surface area contributed by atoms with Gasteiger partial charge in [-0.2, -0.15) is 0 Å². The molecule has 1 N–H and O–H groups in total. The topological polar surface area (TPSA) is 86.7 Å². The Balaban J connectivity index is 0.00000103. The van der Waals surface area contributed by atoms with E-state index in [4.69, 9.17) is 5.11 Å². The number of unbranched alkanes of at least 4 members (excludes halogenated alkanes) is 9. The van der Waals surface area contributed by atoms with Gasteiger partial charge < -0.3 is 9.66 Å². The third kappa shape index (κ3) is 14.9. The number of hydrogen-bond donors (Lipinski definition) is 1. The largest absolute Gasteiger partial charge is 0.725 e. The summed E-state index contributed by atoms with van der Waals surface area (Å²) in [5.74, 6) is 0. The molecule has 1 atom stereocenters. The van der Waals surface area contributed by atoms with Gasteiger partial charge in [-0.05, 0) is 31.9 Å². The van der Waals surface area contributed by atoms with Crippen LogP contribution in [-0.2, 0) is 14.6 Å². The second-order valence-corrected chi connectivity index (χ2v) is 9.40. The van der Waals surface area contributed by atoms with Crippen LogP contribution in [-0.4, -0.2) is 45.0 Å². The van der Waals surface area contributed by atoms with Crippen molar-refractivity contribution in [3.63, 3.8) is 0 Å². The van der Waals surface area contributed by atoms with E-state index in [2.05, 4.69) is 62.5 Å². The molecule has 30 heavy (non-hydrogen) atoms. The van der Waals surface area contributed by atoms with Gasteiger partial charge in [0.25, 0.3) is 0 Å². The van der Waals surface area contributed by atoms with Crippen LogP contribution in [0.4, 0.5) is 5.69 Å². The Hall–Kier alpha value is -0.990. The average molecular weight is 446 g/mol. The molecular formula is C23H43NO5S. The minimum atomic E-state index is -4.67. The van der Waals surface area contributed by atoms with Crippen molar-refractivity contribution >= 4 is 16.1 Å². The molecule has 1 aromatic carbocycles. The van der Waals surface area contributed by atoms with E-state index in [0.29, 0.717) is 6.04 Å². The Morgan fingerprint density at radius 1 is 0.933 bits per heavy atom. The summed E-state index contributed by atoms with van der Waals surface area (Å²) >= 11 is 0. The van der Waals surface area contributed by atoms with E-state index in [-0.39, 0.29) is 0 Å². The van der Waals surface area contributed by atoms with E-state index in [1.54, 1.807) is 0 Å². The van der Waals surface area contributed by atoms with Gasteiger partial charge in [0.05, 0.1) is 20.1 Å². The van der Waals surface area contributed by atoms with Gasteiger partial charge in [-0.1, -0.05) is 82.9 Å². The first kappa shape index (κ1) is 29.0. The summed E-state index contributed by atoms with van der Waals surface area (Å²) in [6, 6.07) is 11.6. The summed E-state index contributed by atoms with van der Waals surface area (Å²) in [7, 11) is 0.0129. The first-order chi connectivity index (χ1) is 14.1. The molecule has 0 saturated heterocycles. The smallest absolute Gasteiger partial charge is 0.219 e. The van der Waals surface area contributed by atoms with E-state index in [1.165, 1.54) is 76.3 Å². The lowest BCUT2D eigenvalue weighted by atomic mass is 10.0. The van der Waals surface area contributed by atoms with Gasteiger partial charge in [0.2, 0.25) is 10.4 Å². The fraction of sp³-hybridized carbons (Fsp3) is 0.739. The molecule has 1 rings (SSSR count). The van der Waals surface area contributed by atoms with Crippen molar-refractivity contribution in [3.8, 4) is 0 Å². The zero-order valence-electron chi connectivity index (χ0n) is 19.4. The van der Waals surface area contributed by atoms with Gasteiger partial charge in [-0.3, -0.25) is 8.67 Å². The van der Waals surface area contributed by atoms with Gasteiger partial charge >= 0.3 is 0 Å². The zero-order chi connectivity index (χ0) is 22.9. The monoisotopic (exact) mass is 445 g/mol. The van der Waals surface area contributed by atoms with Gasteiger partial charge in [0.15, 0.2) is 6.79 Å². The van der Waals surface area contributed by atoms with Gasteiger partial charge in [0, 0.05) is 0 Å². The average Bonchev–Trinajstić information content (AvgIpc) is 2.69. The molecule has 7 heteroatoms. The lowest BCUT2D eigenvalue weighted by Gasteiger charge is -2.35. The second kappa shape index (κ2) is 16.7. The number of rotatable bonds is 15. The highest BCUT2D eigenvalue weighted by Crippen LogP contribution is 2.24. The van der Waals surface area contributed by atoms with Crippen LogP contribution in [0.15, 0.2) is 30.3 Å². The number of benzene rings is 1. The lowest BCUT2D eigenvalue weighted by Crippen LogP contribution is -2.48. The first-order valence-corrected chi connectivity index (χ1v) is 12.6. The van der Waals surface area contributed by atoms with Crippen LogP contribution in [0.2, 0.25) is 0 Å². The maximum absolute atomic E-state index is 9.29. The molecule has 1 aromatic rings. The molecule has 176 valence electrons. The standard InChI is InChI=1S/C22H40N.CH4O5S/c1-5-6-7-8-9-10-11-12-13-15-18-21(2)23(3,4)22-19-16-14-17-20-22;2-1-6-7(3,4)5/h14,16-17,19-21H,5-13,15,18H2,1-4H3;2H,1H2,(H,3,4,5)/q+1;/p-1. The van der Waals surface area contributed by atoms with E-state index < -0.39 is 17.2 Å². The van der Waals surface area contributed by atoms with Gasteiger partial charge in [-0.15, -0.1) is 0 Å². The molecule has 0 radical (unpaired) electrons. The molecule has 0 aromatic heterocycles. The highest BCUT2D eigenvalue weighted by atomic mass is 32.3. The molecule has 0 saturated carbocycles. The van der Waals surface area contributed by atoms with Crippen molar-refractivity contribution in [2.75, 3.05) is 20.9 Å². The number of nitrogens with zero attached hydrogens (tertiary/aromatic N) is 1. The predicted molar refractivity (Wildman–Crippen MR) is 124 cm³/mol. The maximum atomic E-state index is 9.29. The molecule has 6 nitrogen and oxygen atoms in total. The van der Waals surface area contributed by atoms with Crippen molar-refractivity contribution in [3.05, 3.63) is 30.3 Å². The lowest BCUT2D eigenvalue weighted by molar-refractivity contribution is 0.0904. The predicted octanol–water partition coefficient (Wildman–Crippen LogP) is 5.37. The molecule has 0 bridgehead atoms. The van der Waals surface area contributed by atoms with Crippen LogP contribution in [0, 0.1) is 0 Å². The van der Waals surface area contributed by atoms with E-state index in [9.17, 15) is 13.0 Å². The quantitative estimate of drug-likeness (QED) is 0.129. The second-order valence-electron chi connectivity index (χ2n) is 8.35. The molecule has 0 aliphatic heterocycles. The molecular weight excluding hydrogens is 402 g/mol. The summed E-state index contributed by atoms with van der Waals surface area (Å²) in [5.41, 5.74) is 1.42. The molecule has 0 aliphatic rings. The maximum Gasteiger partial charge on any atom is 0.219 e. The van der Waals surface area contributed by atoms with Crippen LogP contribution in [0.1, 0.15) is 84.5 Å². The highest BCUT2D eigenvalue weighted by Gasteiger charge is 2.25. The van der Waals surface area contributed by atoms with Crippen molar-refractivity contribution in [2.45, 2.75) is 90.5 Å². The van der Waals surface area contributed by atoms with Crippen LogP contribution < -0.4 is 4.48 Å². The highest BCUT2D eigenvalue weighted by molar-refractivity contribution is 7.80. The summed E-state index contributed by atoms with van der Waals surface area (Å²) in [5, 5.41) is 7.60. The van der Waals surface area contributed by atoms with Gasteiger partial charge in [0.1, 0.15) is 5.69 Å². The fourth-order valence-corrected chi connectivity index (χ4v) is 3.51. The van der Waals surface area contributed by atoms with E-state index >= 15 is 0 Å². The molecule has 0 aliphatic carbocycles. The Morgan fingerprint density at radius 2 is 1.40 bits per heavy atom. The Morgan fingerprint density at radius 3 is 1.80 bits per heavy atom. The first-order valence-electron chi connectivity index (χ1n) is 11.3. The summed E-state index contributed by atoms with van der Waals surface area (Å²) in [6.45, 7) is 3.60. The summed E-state index contributed by atoms with van der Waals surface area (Å²) in [6.07, 6.45) is 15.6. The summed E-state index contributed by atoms with van der Waals surface area (Å²) < 4.78 is 32.1. The zero-order valence-corrected chi connectivity index (χ0v) is 20.2. The number of quaternary nitrogens is 1. The molecule has 1 unspecified atom stereocenters. The Bertz CT molecular complexity index is 620. The van der Waals surface area contributed by atoms with Crippen LogP contribution in [0.5, 0.6) is 0 Å². The minimum absolute atomic E-state index is 0.687. The number of para-hydroxylation sites is 1. The molecule has 0 fully saturated rings. The molecule has 0 heterocycles. The third-order valence-electron chi connectivity index (χ3n) is 5.70. The molecule has 0 spiro atoms. The SMILES string of the molecule is CCCCCCCCCCCCC(C)[N+](C)(C)c1ccccc1.O=S(=O)([O-])OCO. The van der Waals surface area contributed by atoms with E-state index in [0.717, 1.165) is 4.48 Å². The van der Waals surface area contributed by atoms with E-state index in [1.807, 2.05) is 0 Å². The third-order valence-corrected chi connectivity index (χ3v) is 6.09. The van der Waals surface area contributed by atoms with Crippen molar-refractivity contribution in [1.82, 2.24) is 4.48 Å². The van der Waals surface area contributed by atoms with Crippen molar-refractivity contribution in [2.24, 2.45) is 0 Å². The van der Waals surface area contributed by atoms with Crippen LogP contribution in [0.3, 0.4) is 0 Å². The number of aliphatic hydroxyl groups is 1. The summed E-state index contributed by atoms with van der Waals surface area (Å²) in [4.78, 5) is 0. The fourth-order valence-electron chi connectivity index (χ4n) is 3.38. The van der Waals surface area contributed by atoms with Crippen LogP contribution >= 0.6 is 0 Å². The number of hydrogen-bond acceptors (Lipinski definition) is 5. The van der Waals surface area contributed by atoms with Gasteiger partial charge in [-0.25, -0.2) is 8.42 Å². The normalized spacial score (nSPS) is 12.9. The van der Waals surface area contributed by atoms with Crippen molar-refractivity contribution < 1.29 is 22.3 Å². The molecule has 0 amide bonds. The van der Waals surface area contributed by atoms with Crippen LogP contribution in [0.25, 0.3) is 0 Å². The minimum Gasteiger partial charge on any atom is -0.725 e.